The minimum Gasteiger partial charge on any atom is -0.375 e. The van der Waals surface area contributed by atoms with Crippen LogP contribution in [0.5, 0.6) is 0 Å². The standard InChI is InChI=1S/C15H25N3O/c1-4-5-16-9-14-8-12(2)15(17-10-14)18-6-7-19-13(3)11-18/h8,10,13,16H,4-7,9,11H2,1-3H3. The highest BCUT2D eigenvalue weighted by Gasteiger charge is 2.19. The first-order chi connectivity index (χ1) is 9.20. The largest absolute Gasteiger partial charge is 0.375 e. The van der Waals surface area contributed by atoms with Gasteiger partial charge in [0.1, 0.15) is 5.82 Å². The van der Waals surface area contributed by atoms with Crippen LogP contribution in [0.4, 0.5) is 5.82 Å². The molecule has 0 saturated carbocycles. The lowest BCUT2D eigenvalue weighted by Gasteiger charge is -2.33. The molecule has 1 N–H and O–H groups in total. The van der Waals surface area contributed by atoms with Crippen LogP contribution in [0.15, 0.2) is 12.3 Å². The van der Waals surface area contributed by atoms with Crippen LogP contribution in [0.1, 0.15) is 31.4 Å². The third-order valence-corrected chi connectivity index (χ3v) is 3.40. The van der Waals surface area contributed by atoms with Crippen LogP contribution >= 0.6 is 0 Å². The van der Waals surface area contributed by atoms with Gasteiger partial charge in [0.05, 0.1) is 12.7 Å². The fourth-order valence-electron chi connectivity index (χ4n) is 2.47. The summed E-state index contributed by atoms with van der Waals surface area (Å²) in [7, 11) is 0. The Hall–Kier alpha value is -1.13. The maximum atomic E-state index is 5.58. The average molecular weight is 263 g/mol. The van der Waals surface area contributed by atoms with Gasteiger partial charge in [-0.2, -0.15) is 0 Å². The highest BCUT2D eigenvalue weighted by molar-refractivity contribution is 5.47. The molecular weight excluding hydrogens is 238 g/mol. The molecule has 1 fully saturated rings. The Bertz CT molecular complexity index is 408. The van der Waals surface area contributed by atoms with E-state index >= 15 is 0 Å². The summed E-state index contributed by atoms with van der Waals surface area (Å²) in [5.41, 5.74) is 2.51. The Morgan fingerprint density at radius 3 is 3.05 bits per heavy atom. The Kier molecular flexibility index (Phi) is 5.16. The number of hydrogen-bond acceptors (Lipinski definition) is 4. The molecule has 4 heteroatoms. The maximum Gasteiger partial charge on any atom is 0.131 e. The van der Waals surface area contributed by atoms with Gasteiger partial charge in [-0.15, -0.1) is 0 Å². The van der Waals surface area contributed by atoms with Crippen LogP contribution < -0.4 is 10.2 Å². The zero-order valence-electron chi connectivity index (χ0n) is 12.3. The number of pyridine rings is 1. The van der Waals surface area contributed by atoms with Gasteiger partial charge in [0, 0.05) is 25.8 Å². The second kappa shape index (κ2) is 6.87. The second-order valence-electron chi connectivity index (χ2n) is 5.29. The lowest BCUT2D eigenvalue weighted by Crippen LogP contribution is -2.41. The molecule has 1 unspecified atom stereocenters. The summed E-state index contributed by atoms with van der Waals surface area (Å²) in [6.45, 7) is 11.1. The van der Waals surface area contributed by atoms with Gasteiger partial charge >= 0.3 is 0 Å². The molecule has 0 radical (unpaired) electrons. The van der Waals surface area contributed by atoms with Gasteiger partial charge in [-0.25, -0.2) is 4.98 Å². The van der Waals surface area contributed by atoms with E-state index in [0.717, 1.165) is 45.0 Å². The summed E-state index contributed by atoms with van der Waals surface area (Å²) in [6, 6.07) is 2.24. The molecule has 1 aromatic rings. The summed E-state index contributed by atoms with van der Waals surface area (Å²) in [4.78, 5) is 6.97. The van der Waals surface area contributed by atoms with Crippen molar-refractivity contribution in [2.75, 3.05) is 31.1 Å². The van der Waals surface area contributed by atoms with E-state index in [1.165, 1.54) is 11.1 Å². The monoisotopic (exact) mass is 263 g/mol. The third-order valence-electron chi connectivity index (χ3n) is 3.40. The fraction of sp³-hybridized carbons (Fsp3) is 0.667. The van der Waals surface area contributed by atoms with Crippen molar-refractivity contribution in [3.05, 3.63) is 23.4 Å². The molecule has 4 nitrogen and oxygen atoms in total. The van der Waals surface area contributed by atoms with E-state index in [9.17, 15) is 0 Å². The van der Waals surface area contributed by atoms with E-state index in [1.54, 1.807) is 0 Å². The third kappa shape index (κ3) is 3.91. The quantitative estimate of drug-likeness (QED) is 0.826. The smallest absolute Gasteiger partial charge is 0.131 e. The minimum atomic E-state index is 0.292. The number of morpholine rings is 1. The van der Waals surface area contributed by atoms with Crippen molar-refractivity contribution in [1.82, 2.24) is 10.3 Å². The van der Waals surface area contributed by atoms with Crippen LogP contribution in [0.2, 0.25) is 0 Å². The van der Waals surface area contributed by atoms with E-state index in [-0.39, 0.29) is 0 Å². The molecule has 0 bridgehead atoms. The first kappa shape index (κ1) is 14.3. The van der Waals surface area contributed by atoms with E-state index in [0.29, 0.717) is 6.10 Å². The molecule has 0 amide bonds. The highest BCUT2D eigenvalue weighted by Crippen LogP contribution is 2.20. The number of nitrogens with zero attached hydrogens (tertiary/aromatic N) is 2. The molecule has 0 spiro atoms. The van der Waals surface area contributed by atoms with Crippen LogP contribution in [-0.2, 0) is 11.3 Å². The molecular formula is C15H25N3O. The van der Waals surface area contributed by atoms with E-state index in [2.05, 4.69) is 42.0 Å². The fourth-order valence-corrected chi connectivity index (χ4v) is 2.47. The Balaban J connectivity index is 2.02. The first-order valence-corrected chi connectivity index (χ1v) is 7.23. The van der Waals surface area contributed by atoms with Gasteiger partial charge in [-0.05, 0) is 44.0 Å². The predicted octanol–water partition coefficient (Wildman–Crippen LogP) is 2.11. The van der Waals surface area contributed by atoms with Crippen LogP contribution in [0.3, 0.4) is 0 Å². The molecule has 1 aliphatic heterocycles. The van der Waals surface area contributed by atoms with Crippen LogP contribution in [0.25, 0.3) is 0 Å². The van der Waals surface area contributed by atoms with Gasteiger partial charge in [0.2, 0.25) is 0 Å². The molecule has 2 heterocycles. The van der Waals surface area contributed by atoms with Crippen molar-refractivity contribution in [2.45, 2.75) is 39.8 Å². The number of anilines is 1. The summed E-state index contributed by atoms with van der Waals surface area (Å²) in [5, 5.41) is 3.41. The maximum absolute atomic E-state index is 5.58. The molecule has 19 heavy (non-hydrogen) atoms. The van der Waals surface area contributed by atoms with Crippen molar-refractivity contribution >= 4 is 5.82 Å². The van der Waals surface area contributed by atoms with Crippen molar-refractivity contribution in [3.63, 3.8) is 0 Å². The Morgan fingerprint density at radius 1 is 1.53 bits per heavy atom. The Labute approximate surface area is 116 Å². The van der Waals surface area contributed by atoms with Crippen LogP contribution in [-0.4, -0.2) is 37.3 Å². The lowest BCUT2D eigenvalue weighted by molar-refractivity contribution is 0.0529. The summed E-state index contributed by atoms with van der Waals surface area (Å²) < 4.78 is 5.58. The van der Waals surface area contributed by atoms with Crippen molar-refractivity contribution < 1.29 is 4.74 Å². The number of aryl methyl sites for hydroxylation is 1. The Morgan fingerprint density at radius 2 is 2.37 bits per heavy atom. The molecule has 0 aromatic carbocycles. The highest BCUT2D eigenvalue weighted by atomic mass is 16.5. The second-order valence-corrected chi connectivity index (χ2v) is 5.29. The predicted molar refractivity (Wildman–Crippen MR) is 78.6 cm³/mol. The summed E-state index contributed by atoms with van der Waals surface area (Å²) in [5.74, 6) is 1.11. The van der Waals surface area contributed by atoms with Crippen molar-refractivity contribution in [1.29, 1.82) is 0 Å². The SMILES string of the molecule is CCCNCc1cnc(N2CCOC(C)C2)c(C)c1. The van der Waals surface area contributed by atoms with E-state index in [1.807, 2.05) is 6.20 Å². The number of nitrogens with one attached hydrogen (secondary N) is 1. The van der Waals surface area contributed by atoms with E-state index in [4.69, 9.17) is 4.74 Å². The van der Waals surface area contributed by atoms with Crippen molar-refractivity contribution in [2.24, 2.45) is 0 Å². The molecule has 1 atom stereocenters. The zero-order chi connectivity index (χ0) is 13.7. The lowest BCUT2D eigenvalue weighted by atomic mass is 10.1. The van der Waals surface area contributed by atoms with Gasteiger partial charge in [-0.3, -0.25) is 0 Å². The molecule has 106 valence electrons. The summed E-state index contributed by atoms with van der Waals surface area (Å²) >= 11 is 0. The minimum absolute atomic E-state index is 0.292. The first-order valence-electron chi connectivity index (χ1n) is 7.23. The van der Waals surface area contributed by atoms with Gasteiger partial charge in [-0.1, -0.05) is 6.92 Å². The number of hydrogen-bond donors (Lipinski definition) is 1. The summed E-state index contributed by atoms with van der Waals surface area (Å²) in [6.07, 6.45) is 3.45. The van der Waals surface area contributed by atoms with Gasteiger partial charge in [0.25, 0.3) is 0 Å². The number of rotatable bonds is 5. The van der Waals surface area contributed by atoms with E-state index < -0.39 is 0 Å². The molecule has 0 aliphatic carbocycles. The number of ether oxygens (including phenoxy) is 1. The average Bonchev–Trinajstić information content (AvgIpc) is 2.39. The van der Waals surface area contributed by atoms with Gasteiger partial charge < -0.3 is 15.0 Å². The molecule has 1 saturated heterocycles. The van der Waals surface area contributed by atoms with Crippen molar-refractivity contribution in [3.8, 4) is 0 Å². The number of aromatic nitrogens is 1. The molecule has 1 aliphatic rings. The zero-order valence-corrected chi connectivity index (χ0v) is 12.3. The van der Waals surface area contributed by atoms with Crippen LogP contribution in [0, 0.1) is 6.92 Å². The molecule has 2 rings (SSSR count). The molecule has 1 aromatic heterocycles. The normalized spacial score (nSPS) is 19.7. The van der Waals surface area contributed by atoms with Gasteiger partial charge in [0.15, 0.2) is 0 Å². The topological polar surface area (TPSA) is 37.4 Å².